The first-order chi connectivity index (χ1) is 11.9. The van der Waals surface area contributed by atoms with E-state index < -0.39 is 0 Å². The van der Waals surface area contributed by atoms with Gasteiger partial charge in [-0.3, -0.25) is 4.90 Å². The summed E-state index contributed by atoms with van der Waals surface area (Å²) in [6.07, 6.45) is 5.06. The number of hydrogen-bond acceptors (Lipinski definition) is 4. The molecule has 1 N–H and O–H groups in total. The number of nitrogens with one attached hydrogen (secondary N) is 1. The van der Waals surface area contributed by atoms with E-state index in [-0.39, 0.29) is 0 Å². The summed E-state index contributed by atoms with van der Waals surface area (Å²) in [6, 6.07) is 8.17. The molecule has 2 aromatic rings. The number of para-hydroxylation sites is 2. The molecule has 0 amide bonds. The highest BCUT2D eigenvalue weighted by Crippen LogP contribution is 2.33. The molecule has 4 rings (SSSR count). The van der Waals surface area contributed by atoms with Crippen molar-refractivity contribution in [2.45, 2.75) is 39.2 Å². The van der Waals surface area contributed by atoms with Gasteiger partial charge in [-0.1, -0.05) is 18.6 Å². The summed E-state index contributed by atoms with van der Waals surface area (Å²) >= 11 is 0. The highest BCUT2D eigenvalue weighted by Gasteiger charge is 2.25. The number of benzene rings is 1. The number of rotatable bonds is 5. The lowest BCUT2D eigenvalue weighted by Crippen LogP contribution is -2.29. The van der Waals surface area contributed by atoms with Crippen LogP contribution in [0.4, 0.5) is 5.82 Å². The van der Waals surface area contributed by atoms with Crippen LogP contribution in [-0.4, -0.2) is 40.9 Å². The summed E-state index contributed by atoms with van der Waals surface area (Å²) in [5.41, 5.74) is 3.63. The molecular formula is C19H26N4O. The van der Waals surface area contributed by atoms with Gasteiger partial charge in [0.15, 0.2) is 0 Å². The standard InChI is InChI=1S/C19H26N4O/c1-2-24-18-9-5-4-8-17(18)23-19-15(10-11-20-19)16(21-23)14-22-12-6-3-7-13-22/h4-5,8-9,20H,2-3,6-7,10-14H2,1H3. The number of nitrogens with zero attached hydrogens (tertiary/aromatic N) is 3. The molecule has 0 bridgehead atoms. The van der Waals surface area contributed by atoms with E-state index in [0.29, 0.717) is 6.61 Å². The second-order valence-electron chi connectivity index (χ2n) is 6.60. The van der Waals surface area contributed by atoms with Crippen LogP contribution in [-0.2, 0) is 13.0 Å². The van der Waals surface area contributed by atoms with Crippen LogP contribution >= 0.6 is 0 Å². The van der Waals surface area contributed by atoms with Gasteiger partial charge in [-0.2, -0.15) is 5.10 Å². The summed E-state index contributed by atoms with van der Waals surface area (Å²) in [5.74, 6) is 2.04. The Bertz CT molecular complexity index is 703. The molecule has 128 valence electrons. The molecule has 0 saturated carbocycles. The van der Waals surface area contributed by atoms with E-state index in [1.807, 2.05) is 29.8 Å². The number of likely N-dealkylation sites (tertiary alicyclic amines) is 1. The van der Waals surface area contributed by atoms with Gasteiger partial charge < -0.3 is 10.1 Å². The maximum absolute atomic E-state index is 5.81. The van der Waals surface area contributed by atoms with Gasteiger partial charge in [-0.05, 0) is 51.4 Å². The molecule has 0 aliphatic carbocycles. The highest BCUT2D eigenvalue weighted by molar-refractivity contribution is 5.60. The highest BCUT2D eigenvalue weighted by atomic mass is 16.5. The Morgan fingerprint density at radius 1 is 1.17 bits per heavy atom. The fourth-order valence-electron chi connectivity index (χ4n) is 3.79. The molecule has 1 aromatic heterocycles. The van der Waals surface area contributed by atoms with Crippen molar-refractivity contribution in [3.63, 3.8) is 0 Å². The monoisotopic (exact) mass is 326 g/mol. The zero-order chi connectivity index (χ0) is 16.4. The lowest BCUT2D eigenvalue weighted by Gasteiger charge is -2.25. The lowest BCUT2D eigenvalue weighted by atomic mass is 10.1. The van der Waals surface area contributed by atoms with Crippen molar-refractivity contribution in [2.75, 3.05) is 31.6 Å². The van der Waals surface area contributed by atoms with Gasteiger partial charge in [-0.25, -0.2) is 4.68 Å². The van der Waals surface area contributed by atoms with Crippen molar-refractivity contribution in [1.82, 2.24) is 14.7 Å². The number of fused-ring (bicyclic) bond motifs is 1. The van der Waals surface area contributed by atoms with Crippen molar-refractivity contribution in [3.05, 3.63) is 35.5 Å². The predicted octanol–water partition coefficient (Wildman–Crippen LogP) is 3.22. The van der Waals surface area contributed by atoms with E-state index in [4.69, 9.17) is 9.84 Å². The molecule has 5 nitrogen and oxygen atoms in total. The van der Waals surface area contributed by atoms with Crippen LogP contribution in [0.25, 0.3) is 5.69 Å². The summed E-state index contributed by atoms with van der Waals surface area (Å²) < 4.78 is 7.86. The predicted molar refractivity (Wildman–Crippen MR) is 96.1 cm³/mol. The molecule has 1 saturated heterocycles. The minimum atomic E-state index is 0.661. The molecule has 0 unspecified atom stereocenters. The molecule has 2 aliphatic heterocycles. The van der Waals surface area contributed by atoms with Crippen molar-refractivity contribution < 1.29 is 4.74 Å². The van der Waals surface area contributed by atoms with Crippen LogP contribution in [0.15, 0.2) is 24.3 Å². The first-order valence-corrected chi connectivity index (χ1v) is 9.16. The second-order valence-corrected chi connectivity index (χ2v) is 6.60. The third kappa shape index (κ3) is 2.88. The Labute approximate surface area is 143 Å². The summed E-state index contributed by atoms with van der Waals surface area (Å²) in [7, 11) is 0. The number of ether oxygens (including phenoxy) is 1. The SMILES string of the molecule is CCOc1ccccc1-n1nc(CN2CCCCC2)c2c1NCC2. The van der Waals surface area contributed by atoms with Crippen LogP contribution in [0.5, 0.6) is 5.75 Å². The van der Waals surface area contributed by atoms with Gasteiger partial charge in [-0.15, -0.1) is 0 Å². The lowest BCUT2D eigenvalue weighted by molar-refractivity contribution is 0.217. The van der Waals surface area contributed by atoms with Gasteiger partial charge in [0.2, 0.25) is 0 Å². The molecule has 1 fully saturated rings. The zero-order valence-corrected chi connectivity index (χ0v) is 14.4. The summed E-state index contributed by atoms with van der Waals surface area (Å²) in [5, 5.41) is 8.49. The summed E-state index contributed by atoms with van der Waals surface area (Å²) in [4.78, 5) is 2.54. The Hall–Kier alpha value is -2.01. The van der Waals surface area contributed by atoms with Crippen molar-refractivity contribution in [2.24, 2.45) is 0 Å². The van der Waals surface area contributed by atoms with Crippen LogP contribution in [0.3, 0.4) is 0 Å². The summed E-state index contributed by atoms with van der Waals surface area (Å²) in [6.45, 7) is 7.04. The van der Waals surface area contributed by atoms with Crippen molar-refractivity contribution in [1.29, 1.82) is 0 Å². The smallest absolute Gasteiger partial charge is 0.145 e. The molecule has 5 heteroatoms. The Morgan fingerprint density at radius 3 is 2.83 bits per heavy atom. The number of anilines is 1. The van der Waals surface area contributed by atoms with E-state index in [1.165, 1.54) is 43.6 Å². The normalized spacial score (nSPS) is 17.5. The number of aromatic nitrogens is 2. The van der Waals surface area contributed by atoms with E-state index >= 15 is 0 Å². The van der Waals surface area contributed by atoms with Gasteiger partial charge >= 0.3 is 0 Å². The van der Waals surface area contributed by atoms with Crippen LogP contribution in [0.2, 0.25) is 0 Å². The number of piperidine rings is 1. The number of hydrogen-bond donors (Lipinski definition) is 1. The maximum Gasteiger partial charge on any atom is 0.145 e. The van der Waals surface area contributed by atoms with Gasteiger partial charge in [0, 0.05) is 18.7 Å². The molecule has 2 aliphatic rings. The molecular weight excluding hydrogens is 300 g/mol. The van der Waals surface area contributed by atoms with Gasteiger partial charge in [0.25, 0.3) is 0 Å². The Morgan fingerprint density at radius 2 is 2.00 bits per heavy atom. The molecule has 24 heavy (non-hydrogen) atoms. The van der Waals surface area contributed by atoms with Crippen LogP contribution in [0.1, 0.15) is 37.4 Å². The van der Waals surface area contributed by atoms with Crippen LogP contribution < -0.4 is 10.1 Å². The Balaban J connectivity index is 1.68. The topological polar surface area (TPSA) is 42.3 Å². The minimum Gasteiger partial charge on any atom is -0.492 e. The van der Waals surface area contributed by atoms with Crippen LogP contribution in [0, 0.1) is 0 Å². The van der Waals surface area contributed by atoms with E-state index in [2.05, 4.69) is 16.3 Å². The molecule has 3 heterocycles. The van der Waals surface area contributed by atoms with Crippen molar-refractivity contribution >= 4 is 5.82 Å². The maximum atomic E-state index is 5.81. The first-order valence-electron chi connectivity index (χ1n) is 9.16. The Kier molecular flexibility index (Phi) is 4.43. The quantitative estimate of drug-likeness (QED) is 0.916. The van der Waals surface area contributed by atoms with E-state index in [9.17, 15) is 0 Å². The van der Waals surface area contributed by atoms with Crippen molar-refractivity contribution in [3.8, 4) is 11.4 Å². The third-order valence-corrected chi connectivity index (χ3v) is 4.95. The average Bonchev–Trinajstić information content (AvgIpc) is 3.21. The zero-order valence-electron chi connectivity index (χ0n) is 14.4. The molecule has 0 radical (unpaired) electrons. The van der Waals surface area contributed by atoms with E-state index in [1.54, 1.807) is 0 Å². The largest absolute Gasteiger partial charge is 0.492 e. The molecule has 1 aromatic carbocycles. The van der Waals surface area contributed by atoms with Gasteiger partial charge in [0.1, 0.15) is 17.3 Å². The fourth-order valence-corrected chi connectivity index (χ4v) is 3.79. The molecule has 0 atom stereocenters. The average molecular weight is 326 g/mol. The second kappa shape index (κ2) is 6.85. The van der Waals surface area contributed by atoms with E-state index in [0.717, 1.165) is 36.8 Å². The fraction of sp³-hybridized carbons (Fsp3) is 0.526. The first kappa shape index (κ1) is 15.5. The minimum absolute atomic E-state index is 0.661. The molecule has 0 spiro atoms. The van der Waals surface area contributed by atoms with Gasteiger partial charge in [0.05, 0.1) is 12.3 Å². The third-order valence-electron chi connectivity index (χ3n) is 4.95.